The zero-order valence-corrected chi connectivity index (χ0v) is 10.2. The summed E-state index contributed by atoms with van der Waals surface area (Å²) in [6, 6.07) is 0. The van der Waals surface area contributed by atoms with E-state index in [1.165, 1.54) is 7.11 Å². The second-order valence-electron chi connectivity index (χ2n) is 4.00. The highest BCUT2D eigenvalue weighted by Gasteiger charge is 2.25. The molecule has 0 radical (unpaired) electrons. The lowest BCUT2D eigenvalue weighted by Crippen LogP contribution is -2.12. The van der Waals surface area contributed by atoms with E-state index in [-0.39, 0.29) is 11.1 Å². The largest absolute Gasteiger partial charge is 0.464 e. The van der Waals surface area contributed by atoms with Crippen LogP contribution in [0.5, 0.6) is 0 Å². The number of aromatic amines is 1. The predicted octanol–water partition coefficient (Wildman–Crippen LogP) is 2.26. The quantitative estimate of drug-likeness (QED) is 0.789. The lowest BCUT2D eigenvalue weighted by Gasteiger charge is -2.16. The number of H-pyrrole nitrogens is 1. The van der Waals surface area contributed by atoms with Gasteiger partial charge in [-0.2, -0.15) is 5.10 Å². The average molecular weight is 261 g/mol. The highest BCUT2D eigenvalue weighted by molar-refractivity contribution is 9.10. The maximum atomic E-state index is 11.2. The van der Waals surface area contributed by atoms with E-state index >= 15 is 0 Å². The molecular formula is C9H13BrN2O2. The molecule has 0 aromatic carbocycles. The first-order valence-corrected chi connectivity index (χ1v) is 5.00. The van der Waals surface area contributed by atoms with Crippen molar-refractivity contribution >= 4 is 21.9 Å². The van der Waals surface area contributed by atoms with Crippen molar-refractivity contribution in [3.63, 3.8) is 0 Å². The van der Waals surface area contributed by atoms with Crippen LogP contribution in [-0.2, 0) is 10.2 Å². The third-order valence-electron chi connectivity index (χ3n) is 1.84. The number of carbonyl (C=O) groups excluding carboxylic acids is 1. The fraction of sp³-hybridized carbons (Fsp3) is 0.556. The second kappa shape index (κ2) is 3.73. The summed E-state index contributed by atoms with van der Waals surface area (Å²) in [7, 11) is 1.33. The Labute approximate surface area is 91.2 Å². The van der Waals surface area contributed by atoms with Gasteiger partial charge in [-0.15, -0.1) is 0 Å². The molecule has 0 amide bonds. The summed E-state index contributed by atoms with van der Waals surface area (Å²) in [5.74, 6) is -0.441. The smallest absolute Gasteiger partial charge is 0.359 e. The van der Waals surface area contributed by atoms with Crippen LogP contribution in [0, 0.1) is 0 Å². The van der Waals surface area contributed by atoms with Crippen LogP contribution in [0.15, 0.2) is 4.47 Å². The van der Waals surface area contributed by atoms with Gasteiger partial charge in [0.25, 0.3) is 0 Å². The molecule has 0 fully saturated rings. The van der Waals surface area contributed by atoms with Crippen molar-refractivity contribution in [1.82, 2.24) is 10.2 Å². The lowest BCUT2D eigenvalue weighted by molar-refractivity contribution is 0.0593. The summed E-state index contributed by atoms with van der Waals surface area (Å²) < 4.78 is 5.27. The number of nitrogens with one attached hydrogen (secondary N) is 1. The van der Waals surface area contributed by atoms with Gasteiger partial charge in [0.2, 0.25) is 0 Å². The molecule has 1 aromatic rings. The Kier molecular flexibility index (Phi) is 2.99. The molecule has 0 aliphatic carbocycles. The molecule has 0 spiro atoms. The highest BCUT2D eigenvalue weighted by atomic mass is 79.9. The zero-order chi connectivity index (χ0) is 10.9. The predicted molar refractivity (Wildman–Crippen MR) is 56.3 cm³/mol. The van der Waals surface area contributed by atoms with Crippen molar-refractivity contribution in [1.29, 1.82) is 0 Å². The molecular weight excluding hydrogens is 248 g/mol. The van der Waals surface area contributed by atoms with Crippen LogP contribution in [0.4, 0.5) is 0 Å². The van der Waals surface area contributed by atoms with E-state index in [1.54, 1.807) is 0 Å². The van der Waals surface area contributed by atoms with E-state index in [4.69, 9.17) is 0 Å². The number of nitrogens with zero attached hydrogens (tertiary/aromatic N) is 1. The summed E-state index contributed by atoms with van der Waals surface area (Å²) in [5.41, 5.74) is 1.09. The molecule has 0 aliphatic heterocycles. The van der Waals surface area contributed by atoms with Gasteiger partial charge in [-0.3, -0.25) is 5.10 Å². The summed E-state index contributed by atoms with van der Waals surface area (Å²) in [6.45, 7) is 6.10. The number of esters is 1. The van der Waals surface area contributed by atoms with Gasteiger partial charge in [0.1, 0.15) is 0 Å². The molecule has 78 valence electrons. The van der Waals surface area contributed by atoms with Crippen LogP contribution in [-0.4, -0.2) is 23.3 Å². The Hall–Kier alpha value is -0.840. The molecule has 0 atom stereocenters. The topological polar surface area (TPSA) is 55.0 Å². The Morgan fingerprint density at radius 2 is 2.07 bits per heavy atom. The Balaban J connectivity index is 3.15. The fourth-order valence-electron chi connectivity index (χ4n) is 1.06. The van der Waals surface area contributed by atoms with E-state index in [0.29, 0.717) is 4.47 Å². The third kappa shape index (κ3) is 1.97. The first-order chi connectivity index (χ1) is 6.38. The van der Waals surface area contributed by atoms with Crippen molar-refractivity contribution < 1.29 is 9.53 Å². The van der Waals surface area contributed by atoms with Gasteiger partial charge in [-0.05, 0) is 15.9 Å². The van der Waals surface area contributed by atoms with Crippen molar-refractivity contribution in [3.8, 4) is 0 Å². The molecule has 1 N–H and O–H groups in total. The van der Waals surface area contributed by atoms with Crippen molar-refractivity contribution in [2.45, 2.75) is 26.2 Å². The lowest BCUT2D eigenvalue weighted by atomic mass is 9.92. The Morgan fingerprint density at radius 3 is 2.43 bits per heavy atom. The minimum Gasteiger partial charge on any atom is -0.464 e. The summed E-state index contributed by atoms with van der Waals surface area (Å²) >= 11 is 3.33. The van der Waals surface area contributed by atoms with Crippen LogP contribution >= 0.6 is 15.9 Å². The summed E-state index contributed by atoms with van der Waals surface area (Å²) in [4.78, 5) is 11.2. The fourth-order valence-corrected chi connectivity index (χ4v) is 1.99. The van der Waals surface area contributed by atoms with Crippen molar-refractivity contribution in [3.05, 3.63) is 15.9 Å². The summed E-state index contributed by atoms with van der Waals surface area (Å²) in [5, 5.41) is 6.74. The number of ether oxygens (including phenoxy) is 1. The molecule has 1 aromatic heterocycles. The van der Waals surface area contributed by atoms with E-state index in [0.717, 1.165) is 5.69 Å². The number of hydrogen-bond donors (Lipinski definition) is 1. The summed E-state index contributed by atoms with van der Waals surface area (Å²) in [6.07, 6.45) is 0. The maximum absolute atomic E-state index is 11.2. The van der Waals surface area contributed by atoms with Crippen LogP contribution in [0.2, 0.25) is 0 Å². The maximum Gasteiger partial charge on any atom is 0.359 e. The number of methoxy groups -OCH3 is 1. The molecule has 0 saturated carbocycles. The molecule has 1 heterocycles. The molecule has 4 nitrogen and oxygen atoms in total. The third-order valence-corrected chi connectivity index (χ3v) is 2.61. The van der Waals surface area contributed by atoms with Crippen molar-refractivity contribution in [2.75, 3.05) is 7.11 Å². The normalized spacial score (nSPS) is 11.5. The van der Waals surface area contributed by atoms with Crippen LogP contribution < -0.4 is 0 Å². The van der Waals surface area contributed by atoms with Gasteiger partial charge in [0.15, 0.2) is 5.69 Å². The van der Waals surface area contributed by atoms with E-state index in [2.05, 4.69) is 30.9 Å². The van der Waals surface area contributed by atoms with E-state index < -0.39 is 5.97 Å². The molecule has 5 heteroatoms. The molecule has 0 unspecified atom stereocenters. The zero-order valence-electron chi connectivity index (χ0n) is 8.64. The number of halogens is 1. The molecule has 1 rings (SSSR count). The number of carbonyl (C=O) groups is 1. The SMILES string of the molecule is COC(=O)c1n[nH]c(C(C)(C)C)c1Br. The Morgan fingerprint density at radius 1 is 1.50 bits per heavy atom. The molecule has 14 heavy (non-hydrogen) atoms. The second-order valence-corrected chi connectivity index (χ2v) is 4.80. The minimum atomic E-state index is -0.441. The Bertz CT molecular complexity index is 352. The number of hydrogen-bond acceptors (Lipinski definition) is 3. The standard InChI is InChI=1S/C9H13BrN2O2/c1-9(2,3)7-5(10)6(11-12-7)8(13)14-4/h1-4H3,(H,11,12). The molecule has 0 saturated heterocycles. The molecule has 0 bridgehead atoms. The number of rotatable bonds is 1. The highest BCUT2D eigenvalue weighted by Crippen LogP contribution is 2.30. The van der Waals surface area contributed by atoms with Gasteiger partial charge in [-0.1, -0.05) is 20.8 Å². The van der Waals surface area contributed by atoms with Gasteiger partial charge in [0.05, 0.1) is 17.3 Å². The van der Waals surface area contributed by atoms with Crippen molar-refractivity contribution in [2.24, 2.45) is 0 Å². The monoisotopic (exact) mass is 260 g/mol. The van der Waals surface area contributed by atoms with Gasteiger partial charge in [-0.25, -0.2) is 4.79 Å². The number of aromatic nitrogens is 2. The van der Waals surface area contributed by atoms with Gasteiger partial charge < -0.3 is 4.74 Å². The van der Waals surface area contributed by atoms with E-state index in [9.17, 15) is 4.79 Å². The molecule has 0 aliphatic rings. The first-order valence-electron chi connectivity index (χ1n) is 4.20. The van der Waals surface area contributed by atoms with E-state index in [1.807, 2.05) is 20.8 Å². The average Bonchev–Trinajstić information content (AvgIpc) is 2.45. The van der Waals surface area contributed by atoms with Gasteiger partial charge >= 0.3 is 5.97 Å². The van der Waals surface area contributed by atoms with Crippen LogP contribution in [0.3, 0.4) is 0 Å². The van der Waals surface area contributed by atoms with Crippen LogP contribution in [0.1, 0.15) is 37.0 Å². The van der Waals surface area contributed by atoms with Gasteiger partial charge in [0, 0.05) is 5.41 Å². The minimum absolute atomic E-state index is 0.0852. The first kappa shape index (κ1) is 11.2. The van der Waals surface area contributed by atoms with Crippen LogP contribution in [0.25, 0.3) is 0 Å².